The van der Waals surface area contributed by atoms with E-state index in [2.05, 4.69) is 0 Å². The van der Waals surface area contributed by atoms with Gasteiger partial charge in [-0.05, 0) is 35.9 Å². The molecule has 0 atom stereocenters. The van der Waals surface area contributed by atoms with Crippen molar-refractivity contribution >= 4 is 33.9 Å². The second kappa shape index (κ2) is 7.27. The first kappa shape index (κ1) is 16.2. The molecule has 5 heteroatoms. The van der Waals surface area contributed by atoms with Gasteiger partial charge in [0.1, 0.15) is 5.75 Å². The fraction of sp³-hybridized carbons (Fsp3) is 0.158. The lowest BCUT2D eigenvalue weighted by atomic mass is 10.00. The van der Waals surface area contributed by atoms with Crippen LogP contribution in [-0.2, 0) is 9.53 Å². The van der Waals surface area contributed by atoms with Crippen molar-refractivity contribution < 1.29 is 19.1 Å². The molecule has 0 aliphatic carbocycles. The third-order valence-electron chi connectivity index (χ3n) is 3.52. The molecule has 24 heavy (non-hydrogen) atoms. The molecule has 3 rings (SSSR count). The Bertz CT molecular complexity index is 868. The Kier molecular flexibility index (Phi) is 4.91. The fourth-order valence-corrected chi connectivity index (χ4v) is 3.15. The van der Waals surface area contributed by atoms with Crippen LogP contribution >= 0.6 is 11.3 Å². The van der Waals surface area contributed by atoms with Gasteiger partial charge in [-0.15, -0.1) is 11.3 Å². The van der Waals surface area contributed by atoms with Crippen LogP contribution in [0.3, 0.4) is 0 Å². The molecule has 3 aromatic rings. The molecule has 4 nitrogen and oxygen atoms in total. The van der Waals surface area contributed by atoms with E-state index in [-0.39, 0.29) is 12.4 Å². The maximum Gasteiger partial charge on any atom is 0.344 e. The first-order valence-corrected chi connectivity index (χ1v) is 8.47. The van der Waals surface area contributed by atoms with Crippen LogP contribution in [0.25, 0.3) is 10.8 Å². The first-order valence-electron chi connectivity index (χ1n) is 7.59. The Morgan fingerprint density at radius 3 is 2.50 bits per heavy atom. The molecule has 0 amide bonds. The quantitative estimate of drug-likeness (QED) is 0.501. The molecule has 2 aromatic carbocycles. The van der Waals surface area contributed by atoms with Gasteiger partial charge in [0.05, 0.1) is 11.5 Å². The molecular formula is C19H16O4S. The lowest BCUT2D eigenvalue weighted by molar-refractivity contribution is -0.145. The molecule has 0 aliphatic heterocycles. The standard InChI is InChI=1S/C19H16O4S/c1-2-22-18(20)12-23-16-10-9-15(13-6-3-4-7-14(13)16)19(21)17-8-5-11-24-17/h3-11H,2,12H2,1H3. The van der Waals surface area contributed by atoms with Crippen molar-refractivity contribution in [3.63, 3.8) is 0 Å². The molecule has 0 spiro atoms. The predicted molar refractivity (Wildman–Crippen MR) is 93.8 cm³/mol. The highest BCUT2D eigenvalue weighted by atomic mass is 32.1. The van der Waals surface area contributed by atoms with E-state index < -0.39 is 5.97 Å². The molecular weight excluding hydrogens is 324 g/mol. The summed E-state index contributed by atoms with van der Waals surface area (Å²) in [6.07, 6.45) is 0. The smallest absolute Gasteiger partial charge is 0.344 e. The minimum atomic E-state index is -0.416. The minimum Gasteiger partial charge on any atom is -0.481 e. The predicted octanol–water partition coefficient (Wildman–Crippen LogP) is 4.07. The summed E-state index contributed by atoms with van der Waals surface area (Å²) in [5, 5.41) is 3.48. The van der Waals surface area contributed by atoms with Crippen LogP contribution in [-0.4, -0.2) is 25.0 Å². The van der Waals surface area contributed by atoms with Crippen molar-refractivity contribution in [3.05, 3.63) is 64.4 Å². The van der Waals surface area contributed by atoms with Gasteiger partial charge in [0.25, 0.3) is 0 Å². The Hall–Kier alpha value is -2.66. The highest BCUT2D eigenvalue weighted by Gasteiger charge is 2.16. The Morgan fingerprint density at radius 1 is 1.00 bits per heavy atom. The number of hydrogen-bond acceptors (Lipinski definition) is 5. The van der Waals surface area contributed by atoms with E-state index in [0.717, 1.165) is 10.8 Å². The van der Waals surface area contributed by atoms with Gasteiger partial charge in [-0.3, -0.25) is 4.79 Å². The molecule has 0 unspecified atom stereocenters. The van der Waals surface area contributed by atoms with Crippen LogP contribution in [0.15, 0.2) is 53.9 Å². The Labute approximate surface area is 143 Å². The van der Waals surface area contributed by atoms with Gasteiger partial charge in [0, 0.05) is 10.9 Å². The number of hydrogen-bond donors (Lipinski definition) is 0. The average Bonchev–Trinajstić information content (AvgIpc) is 3.14. The van der Waals surface area contributed by atoms with Crippen LogP contribution in [0.2, 0.25) is 0 Å². The van der Waals surface area contributed by atoms with Gasteiger partial charge in [-0.2, -0.15) is 0 Å². The molecule has 0 saturated carbocycles. The highest BCUT2D eigenvalue weighted by molar-refractivity contribution is 7.12. The van der Waals surface area contributed by atoms with Crippen molar-refractivity contribution in [1.82, 2.24) is 0 Å². The normalized spacial score (nSPS) is 10.5. The minimum absolute atomic E-state index is 0.0156. The fourth-order valence-electron chi connectivity index (χ4n) is 2.48. The largest absolute Gasteiger partial charge is 0.481 e. The van der Waals surface area contributed by atoms with Gasteiger partial charge in [-0.1, -0.05) is 30.3 Å². The molecule has 122 valence electrons. The van der Waals surface area contributed by atoms with Crippen LogP contribution in [0.4, 0.5) is 0 Å². The molecule has 0 bridgehead atoms. The number of ether oxygens (including phenoxy) is 2. The Morgan fingerprint density at radius 2 is 1.79 bits per heavy atom. The summed E-state index contributed by atoms with van der Waals surface area (Å²) in [5.74, 6) is 0.125. The lowest BCUT2D eigenvalue weighted by Gasteiger charge is -2.11. The second-order valence-electron chi connectivity index (χ2n) is 5.06. The maximum absolute atomic E-state index is 12.7. The van der Waals surface area contributed by atoms with Gasteiger partial charge >= 0.3 is 5.97 Å². The summed E-state index contributed by atoms with van der Waals surface area (Å²) in [6.45, 7) is 1.91. The summed E-state index contributed by atoms with van der Waals surface area (Å²) >= 11 is 1.42. The van der Waals surface area contributed by atoms with Gasteiger partial charge in [0.2, 0.25) is 5.78 Å². The summed E-state index contributed by atoms with van der Waals surface area (Å²) in [7, 11) is 0. The van der Waals surface area contributed by atoms with Gasteiger partial charge < -0.3 is 9.47 Å². The van der Waals surface area contributed by atoms with Crippen LogP contribution < -0.4 is 4.74 Å². The molecule has 1 heterocycles. The van der Waals surface area contributed by atoms with Crippen LogP contribution in [0, 0.1) is 0 Å². The first-order chi connectivity index (χ1) is 11.7. The zero-order chi connectivity index (χ0) is 16.9. The summed E-state index contributed by atoms with van der Waals surface area (Å²) in [5.41, 5.74) is 0.622. The molecule has 0 radical (unpaired) electrons. The molecule has 0 fully saturated rings. The van der Waals surface area contributed by atoms with Crippen LogP contribution in [0.1, 0.15) is 22.2 Å². The molecule has 0 saturated heterocycles. The van der Waals surface area contributed by atoms with Crippen molar-refractivity contribution in [2.75, 3.05) is 13.2 Å². The average molecular weight is 340 g/mol. The van der Waals surface area contributed by atoms with Gasteiger partial charge in [-0.25, -0.2) is 4.79 Å². The van der Waals surface area contributed by atoms with E-state index in [1.165, 1.54) is 11.3 Å². The number of benzene rings is 2. The third kappa shape index (κ3) is 3.31. The van der Waals surface area contributed by atoms with Crippen LogP contribution in [0.5, 0.6) is 5.75 Å². The number of fused-ring (bicyclic) bond motifs is 1. The summed E-state index contributed by atoms with van der Waals surface area (Å²) in [4.78, 5) is 24.9. The zero-order valence-electron chi connectivity index (χ0n) is 13.2. The number of carbonyl (C=O) groups is 2. The van der Waals surface area contributed by atoms with Crippen molar-refractivity contribution in [2.45, 2.75) is 6.92 Å². The topological polar surface area (TPSA) is 52.6 Å². The van der Waals surface area contributed by atoms with E-state index in [4.69, 9.17) is 9.47 Å². The summed E-state index contributed by atoms with van der Waals surface area (Å²) < 4.78 is 10.4. The number of ketones is 1. The van der Waals surface area contributed by atoms with Crippen molar-refractivity contribution in [2.24, 2.45) is 0 Å². The Balaban J connectivity index is 1.95. The van der Waals surface area contributed by atoms with Crippen molar-refractivity contribution in [1.29, 1.82) is 0 Å². The number of thiophene rings is 1. The monoisotopic (exact) mass is 340 g/mol. The van der Waals surface area contributed by atoms with Gasteiger partial charge in [0.15, 0.2) is 6.61 Å². The highest BCUT2D eigenvalue weighted by Crippen LogP contribution is 2.30. The maximum atomic E-state index is 12.7. The van der Waals surface area contributed by atoms with E-state index in [1.807, 2.05) is 41.8 Å². The van der Waals surface area contributed by atoms with Crippen molar-refractivity contribution in [3.8, 4) is 5.75 Å². The molecule has 0 N–H and O–H groups in total. The molecule has 0 aliphatic rings. The zero-order valence-corrected chi connectivity index (χ0v) is 14.0. The summed E-state index contributed by atoms with van der Waals surface area (Å²) in [6, 6.07) is 14.6. The number of rotatable bonds is 6. The second-order valence-corrected chi connectivity index (χ2v) is 6.00. The van der Waals surface area contributed by atoms with E-state index in [1.54, 1.807) is 19.1 Å². The molecule has 1 aromatic heterocycles. The van der Waals surface area contributed by atoms with E-state index in [0.29, 0.717) is 22.8 Å². The third-order valence-corrected chi connectivity index (χ3v) is 4.39. The number of carbonyl (C=O) groups excluding carboxylic acids is 2. The number of esters is 1. The van der Waals surface area contributed by atoms with E-state index in [9.17, 15) is 9.59 Å². The SMILES string of the molecule is CCOC(=O)COc1ccc(C(=O)c2cccs2)c2ccccc12. The lowest BCUT2D eigenvalue weighted by Crippen LogP contribution is -2.14. The van der Waals surface area contributed by atoms with E-state index >= 15 is 0 Å².